The van der Waals surface area contributed by atoms with Gasteiger partial charge in [-0.3, -0.25) is 0 Å². The Morgan fingerprint density at radius 3 is 2.60 bits per heavy atom. The first-order chi connectivity index (χ1) is 12.1. The molecule has 0 atom stereocenters. The minimum absolute atomic E-state index is 0.319. The number of anilines is 1. The Kier molecular flexibility index (Phi) is 4.97. The summed E-state index contributed by atoms with van der Waals surface area (Å²) in [7, 11) is 1.49. The molecule has 0 saturated heterocycles. The Balaban J connectivity index is 1.70. The van der Waals surface area contributed by atoms with Crippen LogP contribution in [0.25, 0.3) is 11.4 Å². The van der Waals surface area contributed by atoms with E-state index in [-0.39, 0.29) is 5.82 Å². The zero-order valence-corrected chi connectivity index (χ0v) is 14.4. The van der Waals surface area contributed by atoms with Crippen molar-refractivity contribution in [1.29, 1.82) is 0 Å². The molecule has 0 radical (unpaired) electrons. The van der Waals surface area contributed by atoms with Gasteiger partial charge in [0.2, 0.25) is 11.7 Å². The van der Waals surface area contributed by atoms with Crippen LogP contribution >= 0.6 is 0 Å². The summed E-state index contributed by atoms with van der Waals surface area (Å²) in [6, 6.07) is 12.4. The molecule has 0 aliphatic rings. The first-order valence-electron chi connectivity index (χ1n) is 8.07. The highest BCUT2D eigenvalue weighted by Crippen LogP contribution is 2.26. The van der Waals surface area contributed by atoms with Crippen molar-refractivity contribution in [3.63, 3.8) is 0 Å². The van der Waals surface area contributed by atoms with Crippen molar-refractivity contribution in [2.45, 2.75) is 26.3 Å². The largest absolute Gasteiger partial charge is 0.494 e. The Bertz CT molecular complexity index is 844. The van der Waals surface area contributed by atoms with Crippen LogP contribution < -0.4 is 10.1 Å². The highest BCUT2D eigenvalue weighted by Gasteiger charge is 2.11. The predicted molar refractivity (Wildman–Crippen MR) is 94.1 cm³/mol. The fraction of sp³-hybridized carbons (Fsp3) is 0.263. The number of nitrogens with zero attached hydrogens (tertiary/aromatic N) is 2. The molecule has 25 heavy (non-hydrogen) atoms. The molecule has 0 bridgehead atoms. The fourth-order valence-electron chi connectivity index (χ4n) is 2.44. The van der Waals surface area contributed by atoms with Gasteiger partial charge in [0.1, 0.15) is 11.6 Å². The van der Waals surface area contributed by atoms with Gasteiger partial charge in [-0.15, -0.1) is 0 Å². The number of methoxy groups -OCH3 is 1. The molecular weight excluding hydrogens is 321 g/mol. The molecular formula is C19H20FN3O2. The second kappa shape index (κ2) is 7.34. The lowest BCUT2D eigenvalue weighted by atomic mass is 10.0. The predicted octanol–water partition coefficient (Wildman–Crippen LogP) is 4.62. The summed E-state index contributed by atoms with van der Waals surface area (Å²) >= 11 is 0. The van der Waals surface area contributed by atoms with Crippen molar-refractivity contribution >= 4 is 5.69 Å². The molecule has 0 aliphatic heterocycles. The molecule has 0 saturated carbocycles. The molecule has 1 aromatic heterocycles. The van der Waals surface area contributed by atoms with E-state index in [4.69, 9.17) is 9.26 Å². The van der Waals surface area contributed by atoms with Gasteiger partial charge in [0.15, 0.2) is 0 Å². The van der Waals surface area contributed by atoms with Crippen LogP contribution in [0, 0.1) is 5.82 Å². The molecule has 1 heterocycles. The van der Waals surface area contributed by atoms with E-state index in [9.17, 15) is 4.39 Å². The topological polar surface area (TPSA) is 60.2 Å². The maximum Gasteiger partial charge on any atom is 0.246 e. The maximum atomic E-state index is 13.2. The number of rotatable bonds is 6. The van der Waals surface area contributed by atoms with Crippen molar-refractivity contribution in [2.75, 3.05) is 12.4 Å². The Morgan fingerprint density at radius 1 is 1.16 bits per heavy atom. The van der Waals surface area contributed by atoms with Crippen LogP contribution in [0.4, 0.5) is 10.1 Å². The van der Waals surface area contributed by atoms with E-state index in [0.29, 0.717) is 35.6 Å². The van der Waals surface area contributed by atoms with Gasteiger partial charge in [-0.05, 0) is 23.6 Å². The molecule has 0 unspecified atom stereocenters. The van der Waals surface area contributed by atoms with Gasteiger partial charge < -0.3 is 14.6 Å². The molecule has 1 N–H and O–H groups in total. The normalized spacial score (nSPS) is 10.9. The van der Waals surface area contributed by atoms with Gasteiger partial charge in [-0.2, -0.15) is 4.98 Å². The Morgan fingerprint density at radius 2 is 1.92 bits per heavy atom. The van der Waals surface area contributed by atoms with E-state index >= 15 is 0 Å². The number of benzene rings is 2. The minimum Gasteiger partial charge on any atom is -0.494 e. The third kappa shape index (κ3) is 3.96. The molecule has 5 nitrogen and oxygen atoms in total. The van der Waals surface area contributed by atoms with E-state index in [2.05, 4.69) is 41.4 Å². The Hall–Kier alpha value is -2.89. The van der Waals surface area contributed by atoms with E-state index in [0.717, 1.165) is 5.56 Å². The lowest BCUT2D eigenvalue weighted by Crippen LogP contribution is -2.02. The van der Waals surface area contributed by atoms with Crippen molar-refractivity contribution in [3.05, 3.63) is 59.7 Å². The fourth-order valence-corrected chi connectivity index (χ4v) is 2.44. The molecule has 0 aliphatic carbocycles. The Labute approximate surface area is 145 Å². The summed E-state index contributed by atoms with van der Waals surface area (Å²) in [4.78, 5) is 4.39. The standard InChI is InChI=1S/C19H20FN3O2/c1-12(2)13-4-6-14(7-5-13)19-22-18(25-23-19)11-21-16-9-8-15(20)10-17(16)24-3/h4-10,12,21H,11H2,1-3H3. The van der Waals surface area contributed by atoms with E-state index in [1.165, 1.54) is 24.8 Å². The van der Waals surface area contributed by atoms with Gasteiger partial charge in [0.05, 0.1) is 19.3 Å². The van der Waals surface area contributed by atoms with E-state index < -0.39 is 0 Å². The highest BCUT2D eigenvalue weighted by atomic mass is 19.1. The van der Waals surface area contributed by atoms with Crippen molar-refractivity contribution in [3.8, 4) is 17.1 Å². The van der Waals surface area contributed by atoms with Gasteiger partial charge >= 0.3 is 0 Å². The van der Waals surface area contributed by atoms with Crippen molar-refractivity contribution < 1.29 is 13.7 Å². The number of ether oxygens (including phenoxy) is 1. The molecule has 130 valence electrons. The lowest BCUT2D eigenvalue weighted by Gasteiger charge is -2.09. The molecule has 3 rings (SSSR count). The minimum atomic E-state index is -0.354. The first-order valence-corrected chi connectivity index (χ1v) is 8.07. The van der Waals surface area contributed by atoms with E-state index in [1.54, 1.807) is 6.07 Å². The second-order valence-electron chi connectivity index (χ2n) is 5.99. The first kappa shape index (κ1) is 17.0. The van der Waals surface area contributed by atoms with Gasteiger partial charge in [0.25, 0.3) is 0 Å². The third-order valence-electron chi connectivity index (χ3n) is 3.90. The van der Waals surface area contributed by atoms with Gasteiger partial charge in [-0.1, -0.05) is 43.3 Å². The van der Waals surface area contributed by atoms with Crippen LogP contribution in [0.3, 0.4) is 0 Å². The summed E-state index contributed by atoms with van der Waals surface area (Å²) < 4.78 is 23.6. The molecule has 0 amide bonds. The van der Waals surface area contributed by atoms with Crippen LogP contribution in [-0.2, 0) is 6.54 Å². The zero-order valence-electron chi connectivity index (χ0n) is 14.4. The van der Waals surface area contributed by atoms with Crippen LogP contribution in [0.15, 0.2) is 47.0 Å². The summed E-state index contributed by atoms with van der Waals surface area (Å²) in [5.41, 5.74) is 2.82. The number of halogens is 1. The van der Waals surface area contributed by atoms with E-state index in [1.807, 2.05) is 12.1 Å². The molecule has 6 heteroatoms. The van der Waals surface area contributed by atoms with Crippen molar-refractivity contribution in [2.24, 2.45) is 0 Å². The number of hydrogen-bond donors (Lipinski definition) is 1. The molecule has 0 spiro atoms. The van der Waals surface area contributed by atoms with Crippen LogP contribution in [0.5, 0.6) is 5.75 Å². The quantitative estimate of drug-likeness (QED) is 0.709. The van der Waals surface area contributed by atoms with Crippen LogP contribution in [-0.4, -0.2) is 17.3 Å². The molecule has 0 fully saturated rings. The second-order valence-corrected chi connectivity index (χ2v) is 5.99. The third-order valence-corrected chi connectivity index (χ3v) is 3.90. The summed E-state index contributed by atoms with van der Waals surface area (Å²) in [6.07, 6.45) is 0. The monoisotopic (exact) mass is 341 g/mol. The molecule has 2 aromatic carbocycles. The zero-order chi connectivity index (χ0) is 17.8. The average Bonchev–Trinajstić information content (AvgIpc) is 3.09. The van der Waals surface area contributed by atoms with Gasteiger partial charge in [-0.25, -0.2) is 4.39 Å². The lowest BCUT2D eigenvalue weighted by molar-refractivity contribution is 0.383. The number of hydrogen-bond acceptors (Lipinski definition) is 5. The number of nitrogens with one attached hydrogen (secondary N) is 1. The van der Waals surface area contributed by atoms with Crippen LogP contribution in [0.2, 0.25) is 0 Å². The average molecular weight is 341 g/mol. The van der Waals surface area contributed by atoms with Gasteiger partial charge in [0, 0.05) is 11.6 Å². The summed E-state index contributed by atoms with van der Waals surface area (Å²) in [5.74, 6) is 1.52. The van der Waals surface area contributed by atoms with Crippen molar-refractivity contribution in [1.82, 2.24) is 10.1 Å². The maximum absolute atomic E-state index is 13.2. The highest BCUT2D eigenvalue weighted by molar-refractivity contribution is 5.57. The van der Waals surface area contributed by atoms with Crippen LogP contribution in [0.1, 0.15) is 31.2 Å². The molecule has 3 aromatic rings. The summed E-state index contributed by atoms with van der Waals surface area (Å²) in [6.45, 7) is 4.62. The summed E-state index contributed by atoms with van der Waals surface area (Å²) in [5, 5.41) is 7.12. The smallest absolute Gasteiger partial charge is 0.246 e. The number of aromatic nitrogens is 2. The SMILES string of the molecule is COc1cc(F)ccc1NCc1nc(-c2ccc(C(C)C)cc2)no1.